The molecule has 12 heteroatoms. The van der Waals surface area contributed by atoms with Crippen molar-refractivity contribution in [2.24, 2.45) is 0 Å². The van der Waals surface area contributed by atoms with Crippen molar-refractivity contribution in [1.82, 2.24) is 14.1 Å². The van der Waals surface area contributed by atoms with E-state index in [1.54, 1.807) is 16.9 Å². The third-order valence-corrected chi connectivity index (χ3v) is 6.28. The minimum atomic E-state index is -4.13. The molecule has 0 saturated carbocycles. The number of pyridine rings is 1. The van der Waals surface area contributed by atoms with E-state index in [9.17, 15) is 23.3 Å². The van der Waals surface area contributed by atoms with E-state index in [2.05, 4.69) is 9.71 Å². The van der Waals surface area contributed by atoms with Gasteiger partial charge in [-0.25, -0.2) is 13.4 Å². The summed E-state index contributed by atoms with van der Waals surface area (Å²) in [4.78, 5) is 26.7. The molecule has 0 fully saturated rings. The van der Waals surface area contributed by atoms with Crippen molar-refractivity contribution in [3.8, 4) is 0 Å². The number of thioether (sulfide) groups is 1. The van der Waals surface area contributed by atoms with Gasteiger partial charge in [0.05, 0.1) is 20.4 Å². The number of fused-ring (bicyclic) bond motifs is 1. The molecule has 1 aromatic carbocycles. The topological polar surface area (TPSA) is 133 Å². The van der Waals surface area contributed by atoms with Crippen LogP contribution in [0.4, 0.5) is 5.69 Å². The normalized spacial score (nSPS) is 11.5. The lowest BCUT2D eigenvalue weighted by Crippen LogP contribution is -2.30. The number of esters is 1. The molecule has 2 heterocycles. The molecule has 10 nitrogen and oxygen atoms in total. The fourth-order valence-electron chi connectivity index (χ4n) is 2.65. The zero-order valence-corrected chi connectivity index (χ0v) is 17.7. The van der Waals surface area contributed by atoms with Crippen LogP contribution in [0.1, 0.15) is 11.3 Å². The molecule has 0 bridgehead atoms. The zero-order chi connectivity index (χ0) is 21.9. The Hall–Kier alpha value is -2.96. The average Bonchev–Trinajstić information content (AvgIpc) is 3.12. The molecule has 0 aliphatic carbocycles. The zero-order valence-electron chi connectivity index (χ0n) is 16.1. The molecule has 0 spiro atoms. The lowest BCUT2D eigenvalue weighted by atomic mass is 10.3. The van der Waals surface area contributed by atoms with Gasteiger partial charge in [-0.3, -0.25) is 14.9 Å². The van der Waals surface area contributed by atoms with Crippen molar-refractivity contribution in [2.45, 2.75) is 23.3 Å². The van der Waals surface area contributed by atoms with Crippen LogP contribution in [0.3, 0.4) is 0 Å². The number of imidazole rings is 1. The molecule has 158 valence electrons. The van der Waals surface area contributed by atoms with Gasteiger partial charge >= 0.3 is 5.97 Å². The number of sulfonamides is 1. The summed E-state index contributed by atoms with van der Waals surface area (Å²) in [7, 11) is -4.13. The molecule has 3 aromatic rings. The number of nitrogens with zero attached hydrogens (tertiary/aromatic N) is 3. The second kappa shape index (κ2) is 8.81. The molecule has 3 rings (SSSR count). The lowest BCUT2D eigenvalue weighted by Gasteiger charge is -2.08. The first-order valence-electron chi connectivity index (χ1n) is 8.61. The molecule has 0 radical (unpaired) electrons. The first-order valence-corrected chi connectivity index (χ1v) is 11.3. The van der Waals surface area contributed by atoms with Crippen molar-refractivity contribution in [2.75, 3.05) is 12.8 Å². The van der Waals surface area contributed by atoms with E-state index >= 15 is 0 Å². The van der Waals surface area contributed by atoms with Gasteiger partial charge < -0.3 is 9.14 Å². The Kier molecular flexibility index (Phi) is 6.39. The largest absolute Gasteiger partial charge is 0.458 e. The highest BCUT2D eigenvalue weighted by atomic mass is 32.2. The van der Waals surface area contributed by atoms with Crippen LogP contribution in [-0.2, 0) is 26.2 Å². The Bertz CT molecular complexity index is 1220. The van der Waals surface area contributed by atoms with Gasteiger partial charge in [-0.2, -0.15) is 4.72 Å². The average molecular weight is 450 g/mol. The Morgan fingerprint density at radius 2 is 2.07 bits per heavy atom. The first-order chi connectivity index (χ1) is 14.2. The highest BCUT2D eigenvalue weighted by Gasteiger charge is 2.22. The highest BCUT2D eigenvalue weighted by Crippen LogP contribution is 2.29. The van der Waals surface area contributed by atoms with Gasteiger partial charge in [0.1, 0.15) is 18.8 Å². The summed E-state index contributed by atoms with van der Waals surface area (Å²) in [5.74, 6) is -0.804. The summed E-state index contributed by atoms with van der Waals surface area (Å²) in [5, 5.41) is 11.1. The first kappa shape index (κ1) is 21.7. The van der Waals surface area contributed by atoms with Crippen molar-refractivity contribution in [1.29, 1.82) is 0 Å². The number of rotatable bonds is 8. The SMILES string of the molecule is CSc1ccc(S(=O)(=O)NCC(=O)OCc2cn3cc(C)ccc3n2)cc1[N+](=O)[O-]. The summed E-state index contributed by atoms with van der Waals surface area (Å²) >= 11 is 1.13. The van der Waals surface area contributed by atoms with Crippen LogP contribution in [0.2, 0.25) is 0 Å². The molecule has 1 N–H and O–H groups in total. The van der Waals surface area contributed by atoms with E-state index in [0.717, 1.165) is 23.4 Å². The van der Waals surface area contributed by atoms with Crippen molar-refractivity contribution in [3.63, 3.8) is 0 Å². The van der Waals surface area contributed by atoms with Gasteiger partial charge in [0.2, 0.25) is 10.0 Å². The number of hydrogen-bond donors (Lipinski definition) is 1. The number of ether oxygens (including phenoxy) is 1. The third-order valence-electron chi connectivity index (χ3n) is 4.09. The van der Waals surface area contributed by atoms with Gasteiger partial charge in [-0.05, 0) is 36.9 Å². The maximum Gasteiger partial charge on any atom is 0.321 e. The molecule has 0 unspecified atom stereocenters. The number of nitrogens with one attached hydrogen (secondary N) is 1. The fraction of sp³-hybridized carbons (Fsp3) is 0.222. The summed E-state index contributed by atoms with van der Waals surface area (Å²) in [6, 6.07) is 7.28. The predicted molar refractivity (Wildman–Crippen MR) is 110 cm³/mol. The molecule has 30 heavy (non-hydrogen) atoms. The smallest absolute Gasteiger partial charge is 0.321 e. The van der Waals surface area contributed by atoms with Crippen molar-refractivity contribution >= 4 is 39.1 Å². The second-order valence-electron chi connectivity index (χ2n) is 6.28. The molecular formula is C18H18N4O6S2. The number of benzene rings is 1. The molecule has 0 aliphatic heterocycles. The maximum absolute atomic E-state index is 12.4. The molecule has 0 saturated heterocycles. The molecule has 0 amide bonds. The van der Waals surface area contributed by atoms with Gasteiger partial charge in [0, 0.05) is 18.5 Å². The van der Waals surface area contributed by atoms with Crippen LogP contribution in [0.5, 0.6) is 0 Å². The number of carbonyl (C=O) groups is 1. The number of aromatic nitrogens is 2. The van der Waals surface area contributed by atoms with E-state index in [0.29, 0.717) is 16.2 Å². The van der Waals surface area contributed by atoms with Crippen molar-refractivity contribution in [3.05, 3.63) is 64.1 Å². The Morgan fingerprint density at radius 1 is 1.30 bits per heavy atom. The summed E-state index contributed by atoms with van der Waals surface area (Å²) < 4.78 is 33.7. The summed E-state index contributed by atoms with van der Waals surface area (Å²) in [6.45, 7) is 1.20. The quantitative estimate of drug-likeness (QED) is 0.239. The van der Waals surface area contributed by atoms with Gasteiger partial charge in [0.15, 0.2) is 0 Å². The van der Waals surface area contributed by atoms with Crippen LogP contribution < -0.4 is 4.72 Å². The van der Waals surface area contributed by atoms with Crippen LogP contribution in [-0.4, -0.2) is 41.5 Å². The second-order valence-corrected chi connectivity index (χ2v) is 8.90. The third kappa shape index (κ3) is 4.96. The Labute approximate surface area is 176 Å². The standard InChI is InChI=1S/C18H18N4O6S2/c1-12-3-6-17-20-13(10-21(17)9-12)11-28-18(23)8-19-30(26,27)14-4-5-16(29-2)15(7-14)22(24)25/h3-7,9-10,19H,8,11H2,1-2H3. The van der Waals surface area contributed by atoms with Gasteiger partial charge in [-0.15, -0.1) is 11.8 Å². The summed E-state index contributed by atoms with van der Waals surface area (Å²) in [5.41, 5.74) is 1.93. The number of hydrogen-bond acceptors (Lipinski definition) is 8. The van der Waals surface area contributed by atoms with Crippen LogP contribution in [0.15, 0.2) is 52.5 Å². The Balaban J connectivity index is 1.61. The van der Waals surface area contributed by atoms with E-state index in [4.69, 9.17) is 4.74 Å². The van der Waals surface area contributed by atoms with E-state index in [1.807, 2.05) is 25.3 Å². The minimum absolute atomic E-state index is 0.116. The maximum atomic E-state index is 12.4. The minimum Gasteiger partial charge on any atom is -0.458 e. The highest BCUT2D eigenvalue weighted by molar-refractivity contribution is 7.98. The number of nitro benzene ring substituents is 1. The van der Waals surface area contributed by atoms with Crippen LogP contribution in [0.25, 0.3) is 5.65 Å². The summed E-state index contributed by atoms with van der Waals surface area (Å²) in [6.07, 6.45) is 5.24. The Morgan fingerprint density at radius 3 is 2.77 bits per heavy atom. The fourth-order valence-corrected chi connectivity index (χ4v) is 4.18. The molecule has 0 atom stereocenters. The molecular weight excluding hydrogens is 432 g/mol. The molecule has 2 aromatic heterocycles. The van der Waals surface area contributed by atoms with E-state index < -0.39 is 27.5 Å². The monoisotopic (exact) mass is 450 g/mol. The number of nitro groups is 1. The number of aryl methyl sites for hydroxylation is 1. The lowest BCUT2D eigenvalue weighted by molar-refractivity contribution is -0.387. The van der Waals surface area contributed by atoms with Crippen LogP contribution >= 0.6 is 11.8 Å². The number of carbonyl (C=O) groups excluding carboxylic acids is 1. The van der Waals surface area contributed by atoms with Crippen LogP contribution in [0, 0.1) is 17.0 Å². The van der Waals surface area contributed by atoms with Crippen molar-refractivity contribution < 1.29 is 22.9 Å². The predicted octanol–water partition coefficient (Wildman–Crippen LogP) is 2.29. The van der Waals surface area contributed by atoms with E-state index in [1.165, 1.54) is 12.1 Å². The van der Waals surface area contributed by atoms with Gasteiger partial charge in [0.25, 0.3) is 5.69 Å². The van der Waals surface area contributed by atoms with E-state index in [-0.39, 0.29) is 17.2 Å². The van der Waals surface area contributed by atoms with Gasteiger partial charge in [-0.1, -0.05) is 6.07 Å². The molecule has 0 aliphatic rings.